The SMILES string of the molecule is CCCC([O])CCCCc1ccccc1. The monoisotopic (exact) mass is 205 g/mol. The highest BCUT2D eigenvalue weighted by atomic mass is 16.3. The number of rotatable bonds is 7. The van der Waals surface area contributed by atoms with Crippen molar-refractivity contribution in [2.24, 2.45) is 0 Å². The van der Waals surface area contributed by atoms with Crippen LogP contribution in [0.4, 0.5) is 0 Å². The maximum Gasteiger partial charge on any atom is 0.0930 e. The quantitative estimate of drug-likeness (QED) is 0.600. The highest BCUT2D eigenvalue weighted by molar-refractivity contribution is 5.14. The molecule has 15 heavy (non-hydrogen) atoms. The molecule has 1 atom stereocenters. The van der Waals surface area contributed by atoms with Crippen molar-refractivity contribution in [1.82, 2.24) is 0 Å². The summed E-state index contributed by atoms with van der Waals surface area (Å²) in [5, 5.41) is 11.3. The summed E-state index contributed by atoms with van der Waals surface area (Å²) < 4.78 is 0. The maximum atomic E-state index is 11.3. The number of aryl methyl sites for hydroxylation is 1. The van der Waals surface area contributed by atoms with Crippen LogP contribution >= 0.6 is 0 Å². The number of unbranched alkanes of at least 4 members (excludes halogenated alkanes) is 1. The van der Waals surface area contributed by atoms with Crippen LogP contribution in [0, 0.1) is 0 Å². The van der Waals surface area contributed by atoms with Gasteiger partial charge in [-0.25, -0.2) is 5.11 Å². The molecule has 1 unspecified atom stereocenters. The van der Waals surface area contributed by atoms with Crippen molar-refractivity contribution < 1.29 is 5.11 Å². The zero-order valence-corrected chi connectivity index (χ0v) is 9.61. The predicted molar refractivity (Wildman–Crippen MR) is 63.4 cm³/mol. The molecule has 0 spiro atoms. The molecule has 0 aliphatic carbocycles. The molecule has 1 aromatic rings. The Labute approximate surface area is 93.1 Å². The van der Waals surface area contributed by atoms with Gasteiger partial charge < -0.3 is 0 Å². The summed E-state index contributed by atoms with van der Waals surface area (Å²) in [6.07, 6.45) is 5.71. The minimum absolute atomic E-state index is 0.328. The Morgan fingerprint density at radius 3 is 2.47 bits per heavy atom. The summed E-state index contributed by atoms with van der Waals surface area (Å²) in [6.45, 7) is 2.08. The molecule has 0 aromatic heterocycles. The van der Waals surface area contributed by atoms with Crippen LogP contribution in [0.2, 0.25) is 0 Å². The van der Waals surface area contributed by atoms with E-state index in [2.05, 4.69) is 31.2 Å². The van der Waals surface area contributed by atoms with Crippen molar-refractivity contribution in [3.8, 4) is 0 Å². The minimum Gasteiger partial charge on any atom is -0.233 e. The van der Waals surface area contributed by atoms with E-state index in [4.69, 9.17) is 0 Å². The van der Waals surface area contributed by atoms with E-state index in [1.54, 1.807) is 0 Å². The molecule has 0 saturated heterocycles. The van der Waals surface area contributed by atoms with Crippen LogP contribution in [0.1, 0.15) is 44.6 Å². The van der Waals surface area contributed by atoms with E-state index in [1.165, 1.54) is 5.56 Å². The average Bonchev–Trinajstić information content (AvgIpc) is 2.26. The Bertz CT molecular complexity index is 243. The van der Waals surface area contributed by atoms with Gasteiger partial charge in [0.15, 0.2) is 0 Å². The first-order valence-corrected chi connectivity index (χ1v) is 6.02. The van der Waals surface area contributed by atoms with E-state index >= 15 is 0 Å². The lowest BCUT2D eigenvalue weighted by Gasteiger charge is -2.06. The third kappa shape index (κ3) is 5.58. The first-order chi connectivity index (χ1) is 7.33. The Balaban J connectivity index is 2.07. The van der Waals surface area contributed by atoms with Crippen LogP contribution in [0.5, 0.6) is 0 Å². The molecule has 0 fully saturated rings. The summed E-state index contributed by atoms with van der Waals surface area (Å²) in [7, 11) is 0. The van der Waals surface area contributed by atoms with Gasteiger partial charge in [-0.05, 0) is 31.2 Å². The highest BCUT2D eigenvalue weighted by Gasteiger charge is 2.03. The van der Waals surface area contributed by atoms with E-state index in [9.17, 15) is 5.11 Å². The molecule has 1 radical (unpaired) electrons. The third-order valence-corrected chi connectivity index (χ3v) is 2.70. The fourth-order valence-electron chi connectivity index (χ4n) is 1.81. The van der Waals surface area contributed by atoms with Gasteiger partial charge in [0, 0.05) is 0 Å². The molecule has 1 aromatic carbocycles. The first-order valence-electron chi connectivity index (χ1n) is 6.02. The zero-order chi connectivity index (χ0) is 10.9. The van der Waals surface area contributed by atoms with Gasteiger partial charge in [-0.1, -0.05) is 50.1 Å². The van der Waals surface area contributed by atoms with Gasteiger partial charge in [0.05, 0.1) is 6.10 Å². The molecule has 0 bridgehead atoms. The van der Waals surface area contributed by atoms with Crippen molar-refractivity contribution in [3.05, 3.63) is 35.9 Å². The van der Waals surface area contributed by atoms with Crippen molar-refractivity contribution in [3.63, 3.8) is 0 Å². The van der Waals surface area contributed by atoms with E-state index < -0.39 is 0 Å². The van der Waals surface area contributed by atoms with Crippen LogP contribution in [0.25, 0.3) is 0 Å². The second kappa shape index (κ2) is 7.47. The van der Waals surface area contributed by atoms with Crippen LogP contribution in [0.15, 0.2) is 30.3 Å². The molecule has 1 nitrogen and oxygen atoms in total. The smallest absolute Gasteiger partial charge is 0.0930 e. The van der Waals surface area contributed by atoms with E-state index in [0.29, 0.717) is 0 Å². The van der Waals surface area contributed by atoms with E-state index in [-0.39, 0.29) is 6.10 Å². The summed E-state index contributed by atoms with van der Waals surface area (Å²) in [5.41, 5.74) is 1.38. The normalized spacial score (nSPS) is 12.7. The van der Waals surface area contributed by atoms with Crippen LogP contribution in [-0.4, -0.2) is 6.10 Å². The van der Waals surface area contributed by atoms with Gasteiger partial charge in [0.2, 0.25) is 0 Å². The molecule has 0 aliphatic heterocycles. The average molecular weight is 205 g/mol. The Morgan fingerprint density at radius 2 is 1.80 bits per heavy atom. The van der Waals surface area contributed by atoms with E-state index in [0.717, 1.165) is 38.5 Å². The zero-order valence-electron chi connectivity index (χ0n) is 9.61. The predicted octanol–water partition coefficient (Wildman–Crippen LogP) is 4.00. The summed E-state index contributed by atoms with van der Waals surface area (Å²) >= 11 is 0. The van der Waals surface area contributed by atoms with Gasteiger partial charge in [-0.3, -0.25) is 0 Å². The molecule has 83 valence electrons. The Kier molecular flexibility index (Phi) is 6.10. The first kappa shape index (κ1) is 12.3. The van der Waals surface area contributed by atoms with Crippen LogP contribution in [-0.2, 0) is 11.5 Å². The van der Waals surface area contributed by atoms with Gasteiger partial charge in [-0.15, -0.1) is 0 Å². The van der Waals surface area contributed by atoms with Crippen molar-refractivity contribution in [1.29, 1.82) is 0 Å². The topological polar surface area (TPSA) is 19.9 Å². The van der Waals surface area contributed by atoms with Crippen molar-refractivity contribution >= 4 is 0 Å². The summed E-state index contributed by atoms with van der Waals surface area (Å²) in [5.74, 6) is 0. The largest absolute Gasteiger partial charge is 0.233 e. The molecule has 0 saturated carbocycles. The molecule has 0 aliphatic rings. The van der Waals surface area contributed by atoms with Crippen LogP contribution < -0.4 is 0 Å². The fourth-order valence-corrected chi connectivity index (χ4v) is 1.81. The lowest BCUT2D eigenvalue weighted by atomic mass is 10.0. The molecular weight excluding hydrogens is 184 g/mol. The van der Waals surface area contributed by atoms with Gasteiger partial charge in [-0.2, -0.15) is 0 Å². The molecular formula is C14H21O. The number of benzene rings is 1. The van der Waals surface area contributed by atoms with Gasteiger partial charge >= 0.3 is 0 Å². The maximum absolute atomic E-state index is 11.3. The second-order valence-electron chi connectivity index (χ2n) is 4.14. The molecule has 0 amide bonds. The van der Waals surface area contributed by atoms with Crippen molar-refractivity contribution in [2.45, 2.75) is 51.6 Å². The van der Waals surface area contributed by atoms with E-state index in [1.807, 2.05) is 6.07 Å². The Hall–Kier alpha value is -0.820. The molecule has 1 heteroatoms. The third-order valence-electron chi connectivity index (χ3n) is 2.70. The Morgan fingerprint density at radius 1 is 1.07 bits per heavy atom. The van der Waals surface area contributed by atoms with Crippen molar-refractivity contribution in [2.75, 3.05) is 0 Å². The second-order valence-corrected chi connectivity index (χ2v) is 4.14. The summed E-state index contributed by atoms with van der Waals surface area (Å²) in [4.78, 5) is 0. The molecule has 1 rings (SSSR count). The van der Waals surface area contributed by atoms with Gasteiger partial charge in [0.25, 0.3) is 0 Å². The van der Waals surface area contributed by atoms with Crippen LogP contribution in [0.3, 0.4) is 0 Å². The molecule has 0 N–H and O–H groups in total. The van der Waals surface area contributed by atoms with Gasteiger partial charge in [0.1, 0.15) is 0 Å². The lowest BCUT2D eigenvalue weighted by molar-refractivity contribution is 0.0708. The minimum atomic E-state index is -0.328. The lowest BCUT2D eigenvalue weighted by Crippen LogP contribution is -2.03. The number of hydrogen-bond donors (Lipinski definition) is 0. The summed E-state index contributed by atoms with van der Waals surface area (Å²) in [6, 6.07) is 10.5. The molecule has 0 heterocycles. The number of hydrogen-bond acceptors (Lipinski definition) is 0. The highest BCUT2D eigenvalue weighted by Crippen LogP contribution is 2.10. The standard InChI is InChI=1S/C14H21O/c1-2-8-14(15)12-7-6-11-13-9-4-3-5-10-13/h3-5,9-10,14H,2,6-8,11-12H2,1H3. The fraction of sp³-hybridized carbons (Fsp3) is 0.571.